The quantitative estimate of drug-likeness (QED) is 0.724. The number of likely N-dealkylation sites (tertiary alicyclic amines) is 1. The number of rotatable bonds is 2. The molecule has 3 heteroatoms. The average Bonchev–Trinajstić information content (AvgIpc) is 2.68. The Labute approximate surface area is 83.7 Å². The third-order valence-corrected chi connectivity index (χ3v) is 2.88. The van der Waals surface area contributed by atoms with E-state index in [1.54, 1.807) is 0 Å². The monoisotopic (exact) mass is 193 g/mol. The summed E-state index contributed by atoms with van der Waals surface area (Å²) >= 11 is 0. The van der Waals surface area contributed by atoms with Crippen LogP contribution in [-0.2, 0) is 4.79 Å². The number of allylic oxidation sites excluding steroid dienone is 3. The zero-order chi connectivity index (χ0) is 9.97. The number of aliphatic carboxylic acids is 1. The summed E-state index contributed by atoms with van der Waals surface area (Å²) in [6.07, 6.45) is 9.43. The Kier molecular flexibility index (Phi) is 2.57. The zero-order valence-electron chi connectivity index (χ0n) is 8.15. The first-order chi connectivity index (χ1) is 6.77. The molecule has 0 amide bonds. The largest absolute Gasteiger partial charge is 0.481 e. The Morgan fingerprint density at radius 2 is 2.36 bits per heavy atom. The molecule has 3 nitrogen and oxygen atoms in total. The first-order valence-corrected chi connectivity index (χ1v) is 5.12. The third-order valence-electron chi connectivity index (χ3n) is 2.88. The van der Waals surface area contributed by atoms with Crippen LogP contribution >= 0.6 is 0 Å². The average molecular weight is 193 g/mol. The van der Waals surface area contributed by atoms with Gasteiger partial charge < -0.3 is 10.0 Å². The van der Waals surface area contributed by atoms with E-state index in [2.05, 4.69) is 23.1 Å². The molecule has 1 fully saturated rings. The molecule has 1 aliphatic carbocycles. The molecule has 0 aromatic carbocycles. The Hall–Kier alpha value is -1.25. The second kappa shape index (κ2) is 3.86. The van der Waals surface area contributed by atoms with Crippen LogP contribution < -0.4 is 0 Å². The van der Waals surface area contributed by atoms with Crippen molar-refractivity contribution in [2.75, 3.05) is 13.1 Å². The molecular formula is C11H15NO2. The maximum absolute atomic E-state index is 10.8. The van der Waals surface area contributed by atoms with Gasteiger partial charge in [-0.15, -0.1) is 0 Å². The number of carboxylic acids is 1. The first kappa shape index (κ1) is 9.31. The fraction of sp³-hybridized carbons (Fsp3) is 0.545. The van der Waals surface area contributed by atoms with Crippen molar-refractivity contribution >= 4 is 5.97 Å². The molecule has 0 aromatic heterocycles. The van der Waals surface area contributed by atoms with Crippen molar-refractivity contribution in [3.05, 3.63) is 23.9 Å². The van der Waals surface area contributed by atoms with E-state index in [4.69, 9.17) is 5.11 Å². The van der Waals surface area contributed by atoms with Crippen LogP contribution in [0.2, 0.25) is 0 Å². The molecule has 1 aliphatic heterocycles. The summed E-state index contributed by atoms with van der Waals surface area (Å²) in [7, 11) is 0. The SMILES string of the molecule is O=C(O)C1CCN(C2=CCCC=C2)C1. The zero-order valence-corrected chi connectivity index (χ0v) is 8.15. The van der Waals surface area contributed by atoms with Crippen LogP contribution in [0.3, 0.4) is 0 Å². The van der Waals surface area contributed by atoms with Crippen LogP contribution in [0.25, 0.3) is 0 Å². The van der Waals surface area contributed by atoms with E-state index in [-0.39, 0.29) is 5.92 Å². The van der Waals surface area contributed by atoms with Crippen LogP contribution in [-0.4, -0.2) is 29.1 Å². The molecule has 1 N–H and O–H groups in total. The van der Waals surface area contributed by atoms with Gasteiger partial charge in [0.05, 0.1) is 5.92 Å². The molecule has 0 radical (unpaired) electrons. The normalized spacial score (nSPS) is 26.4. The summed E-state index contributed by atoms with van der Waals surface area (Å²) in [4.78, 5) is 12.9. The lowest BCUT2D eigenvalue weighted by Gasteiger charge is -2.21. The summed E-state index contributed by atoms with van der Waals surface area (Å²) in [5.41, 5.74) is 1.21. The van der Waals surface area contributed by atoms with Gasteiger partial charge in [-0.05, 0) is 25.3 Å². The smallest absolute Gasteiger partial charge is 0.308 e. The van der Waals surface area contributed by atoms with E-state index < -0.39 is 5.97 Å². The maximum atomic E-state index is 10.8. The maximum Gasteiger partial charge on any atom is 0.308 e. The minimum Gasteiger partial charge on any atom is -0.481 e. The number of hydrogen-bond acceptors (Lipinski definition) is 2. The summed E-state index contributed by atoms with van der Waals surface area (Å²) in [6.45, 7) is 1.55. The van der Waals surface area contributed by atoms with Gasteiger partial charge in [-0.1, -0.05) is 12.2 Å². The molecule has 14 heavy (non-hydrogen) atoms. The van der Waals surface area contributed by atoms with Gasteiger partial charge in [0.25, 0.3) is 0 Å². The van der Waals surface area contributed by atoms with Crippen molar-refractivity contribution in [3.8, 4) is 0 Å². The summed E-state index contributed by atoms with van der Waals surface area (Å²) in [6, 6.07) is 0. The highest BCUT2D eigenvalue weighted by Gasteiger charge is 2.28. The van der Waals surface area contributed by atoms with Gasteiger partial charge in [0.15, 0.2) is 0 Å². The Balaban J connectivity index is 1.98. The Morgan fingerprint density at radius 1 is 1.50 bits per heavy atom. The second-order valence-electron chi connectivity index (χ2n) is 3.88. The van der Waals surface area contributed by atoms with Gasteiger partial charge in [0.1, 0.15) is 0 Å². The third kappa shape index (κ3) is 1.81. The molecule has 0 bridgehead atoms. The number of carbonyl (C=O) groups is 1. The van der Waals surface area contributed by atoms with Crippen LogP contribution in [0.15, 0.2) is 23.9 Å². The summed E-state index contributed by atoms with van der Waals surface area (Å²) < 4.78 is 0. The first-order valence-electron chi connectivity index (χ1n) is 5.12. The highest BCUT2D eigenvalue weighted by molar-refractivity contribution is 5.70. The minimum atomic E-state index is -0.659. The van der Waals surface area contributed by atoms with Crippen LogP contribution in [0, 0.1) is 5.92 Å². The van der Waals surface area contributed by atoms with Gasteiger partial charge in [-0.3, -0.25) is 4.79 Å². The van der Waals surface area contributed by atoms with E-state index in [0.717, 1.165) is 25.8 Å². The van der Waals surface area contributed by atoms with Crippen LogP contribution in [0.5, 0.6) is 0 Å². The minimum absolute atomic E-state index is 0.175. The Morgan fingerprint density at radius 3 is 2.93 bits per heavy atom. The molecule has 1 atom stereocenters. The van der Waals surface area contributed by atoms with Crippen molar-refractivity contribution in [2.24, 2.45) is 5.92 Å². The number of hydrogen-bond donors (Lipinski definition) is 1. The summed E-state index contributed by atoms with van der Waals surface area (Å²) in [5, 5.41) is 8.87. The predicted molar refractivity (Wildman–Crippen MR) is 53.8 cm³/mol. The van der Waals surface area contributed by atoms with E-state index >= 15 is 0 Å². The van der Waals surface area contributed by atoms with Crippen LogP contribution in [0.1, 0.15) is 19.3 Å². The standard InChI is InChI=1S/C11H15NO2/c13-11(14)9-6-7-12(8-9)10-4-2-1-3-5-10/h2,4-5,9H,1,3,6-8H2,(H,13,14). The molecule has 1 heterocycles. The fourth-order valence-corrected chi connectivity index (χ4v) is 2.03. The summed E-state index contributed by atoms with van der Waals surface area (Å²) in [5.74, 6) is -0.834. The second-order valence-corrected chi connectivity index (χ2v) is 3.88. The van der Waals surface area contributed by atoms with E-state index in [1.807, 2.05) is 0 Å². The fourth-order valence-electron chi connectivity index (χ4n) is 2.03. The van der Waals surface area contributed by atoms with Crippen molar-refractivity contribution in [1.29, 1.82) is 0 Å². The van der Waals surface area contributed by atoms with Crippen LogP contribution in [0.4, 0.5) is 0 Å². The topological polar surface area (TPSA) is 40.5 Å². The number of carboxylic acid groups (broad SMARTS) is 1. The van der Waals surface area contributed by atoms with Crippen molar-refractivity contribution < 1.29 is 9.90 Å². The molecule has 1 unspecified atom stereocenters. The highest BCUT2D eigenvalue weighted by atomic mass is 16.4. The van der Waals surface area contributed by atoms with Gasteiger partial charge in [0, 0.05) is 18.8 Å². The van der Waals surface area contributed by atoms with Crippen molar-refractivity contribution in [2.45, 2.75) is 19.3 Å². The lowest BCUT2D eigenvalue weighted by atomic mass is 10.1. The molecule has 2 rings (SSSR count). The predicted octanol–water partition coefficient (Wildman–Crippen LogP) is 1.63. The lowest BCUT2D eigenvalue weighted by Crippen LogP contribution is -2.22. The molecule has 0 aromatic rings. The van der Waals surface area contributed by atoms with E-state index in [0.29, 0.717) is 6.54 Å². The van der Waals surface area contributed by atoms with Crippen molar-refractivity contribution in [1.82, 2.24) is 4.90 Å². The van der Waals surface area contributed by atoms with Crippen molar-refractivity contribution in [3.63, 3.8) is 0 Å². The van der Waals surface area contributed by atoms with E-state index in [1.165, 1.54) is 5.70 Å². The van der Waals surface area contributed by atoms with Gasteiger partial charge >= 0.3 is 5.97 Å². The van der Waals surface area contributed by atoms with Gasteiger partial charge in [-0.25, -0.2) is 0 Å². The highest BCUT2D eigenvalue weighted by Crippen LogP contribution is 2.23. The van der Waals surface area contributed by atoms with Gasteiger partial charge in [-0.2, -0.15) is 0 Å². The molecule has 0 spiro atoms. The number of nitrogens with zero attached hydrogens (tertiary/aromatic N) is 1. The Bertz CT molecular complexity index is 294. The van der Waals surface area contributed by atoms with Gasteiger partial charge in [0.2, 0.25) is 0 Å². The molecule has 0 saturated carbocycles. The van der Waals surface area contributed by atoms with E-state index in [9.17, 15) is 4.79 Å². The molecule has 76 valence electrons. The molecule has 1 saturated heterocycles. The molecular weight excluding hydrogens is 178 g/mol. The lowest BCUT2D eigenvalue weighted by molar-refractivity contribution is -0.141. The molecule has 2 aliphatic rings.